The lowest BCUT2D eigenvalue weighted by Crippen LogP contribution is -2.49. The first-order chi connectivity index (χ1) is 7.16. The summed E-state index contributed by atoms with van der Waals surface area (Å²) in [6, 6.07) is 6.50. The zero-order valence-electron chi connectivity index (χ0n) is 8.63. The van der Waals surface area contributed by atoms with Crippen molar-refractivity contribution < 1.29 is 0 Å². The SMILES string of the molecule is CC1CN(c2ccc(Cl)cc2Br)CCN1. The summed E-state index contributed by atoms with van der Waals surface area (Å²) in [5, 5.41) is 4.20. The maximum absolute atomic E-state index is 5.92. The molecule has 1 aromatic carbocycles. The monoisotopic (exact) mass is 288 g/mol. The molecule has 1 aliphatic rings. The summed E-state index contributed by atoms with van der Waals surface area (Å²) in [7, 11) is 0. The number of nitrogens with one attached hydrogen (secondary N) is 1. The molecule has 1 N–H and O–H groups in total. The van der Waals surface area contributed by atoms with E-state index in [0.29, 0.717) is 6.04 Å². The van der Waals surface area contributed by atoms with Crippen LogP contribution in [-0.2, 0) is 0 Å². The standard InChI is InChI=1S/C11H14BrClN2/c1-8-7-15(5-4-14-8)11-3-2-9(13)6-10(11)12/h2-3,6,8,14H,4-5,7H2,1H3. The molecule has 0 amide bonds. The van der Waals surface area contributed by atoms with Crippen molar-refractivity contribution >= 4 is 33.2 Å². The third-order valence-corrected chi connectivity index (χ3v) is 3.49. The fourth-order valence-corrected chi connectivity index (χ4v) is 2.82. The van der Waals surface area contributed by atoms with Crippen molar-refractivity contribution in [2.45, 2.75) is 13.0 Å². The van der Waals surface area contributed by atoms with Crippen LogP contribution in [-0.4, -0.2) is 25.7 Å². The predicted molar refractivity (Wildman–Crippen MR) is 68.8 cm³/mol. The van der Waals surface area contributed by atoms with E-state index in [0.717, 1.165) is 29.1 Å². The topological polar surface area (TPSA) is 15.3 Å². The van der Waals surface area contributed by atoms with Crippen LogP contribution in [0.25, 0.3) is 0 Å². The molecular formula is C11H14BrClN2. The average molecular weight is 290 g/mol. The fraction of sp³-hybridized carbons (Fsp3) is 0.455. The molecule has 1 fully saturated rings. The number of halogens is 2. The molecular weight excluding hydrogens is 275 g/mol. The summed E-state index contributed by atoms with van der Waals surface area (Å²) in [6.07, 6.45) is 0. The fourth-order valence-electron chi connectivity index (χ4n) is 1.89. The van der Waals surface area contributed by atoms with E-state index < -0.39 is 0 Å². The van der Waals surface area contributed by atoms with Gasteiger partial charge >= 0.3 is 0 Å². The molecule has 0 saturated carbocycles. The van der Waals surface area contributed by atoms with Gasteiger partial charge in [-0.2, -0.15) is 0 Å². The predicted octanol–water partition coefficient (Wildman–Crippen LogP) is 2.90. The van der Waals surface area contributed by atoms with Crippen molar-refractivity contribution in [1.29, 1.82) is 0 Å². The molecule has 1 unspecified atom stereocenters. The Morgan fingerprint density at radius 3 is 3.00 bits per heavy atom. The van der Waals surface area contributed by atoms with Crippen molar-refractivity contribution in [3.05, 3.63) is 27.7 Å². The van der Waals surface area contributed by atoms with Gasteiger partial charge in [0.1, 0.15) is 0 Å². The quantitative estimate of drug-likeness (QED) is 0.855. The van der Waals surface area contributed by atoms with Gasteiger partial charge in [0.2, 0.25) is 0 Å². The minimum atomic E-state index is 0.543. The number of anilines is 1. The summed E-state index contributed by atoms with van der Waals surface area (Å²) in [4.78, 5) is 2.38. The molecule has 0 bridgehead atoms. The van der Waals surface area contributed by atoms with E-state index in [-0.39, 0.29) is 0 Å². The zero-order valence-corrected chi connectivity index (χ0v) is 11.0. The molecule has 1 aliphatic heterocycles. The third kappa shape index (κ3) is 2.65. The van der Waals surface area contributed by atoms with Crippen LogP contribution in [0.4, 0.5) is 5.69 Å². The normalized spacial score (nSPS) is 21.8. The molecule has 0 radical (unpaired) electrons. The number of nitrogens with zero attached hydrogens (tertiary/aromatic N) is 1. The second-order valence-electron chi connectivity index (χ2n) is 3.90. The van der Waals surface area contributed by atoms with Crippen molar-refractivity contribution in [3.63, 3.8) is 0 Å². The third-order valence-electron chi connectivity index (χ3n) is 2.62. The molecule has 1 aromatic rings. The van der Waals surface area contributed by atoms with Crippen molar-refractivity contribution in [2.75, 3.05) is 24.5 Å². The minimum Gasteiger partial charge on any atom is -0.368 e. The Hall–Kier alpha value is -0.250. The van der Waals surface area contributed by atoms with E-state index in [9.17, 15) is 0 Å². The highest BCUT2D eigenvalue weighted by molar-refractivity contribution is 9.10. The first-order valence-electron chi connectivity index (χ1n) is 5.10. The van der Waals surface area contributed by atoms with Gasteiger partial charge in [0, 0.05) is 35.2 Å². The van der Waals surface area contributed by atoms with E-state index in [1.807, 2.05) is 12.1 Å². The number of hydrogen-bond donors (Lipinski definition) is 1. The molecule has 1 atom stereocenters. The van der Waals surface area contributed by atoms with Gasteiger partial charge < -0.3 is 10.2 Å². The number of piperazine rings is 1. The molecule has 0 aromatic heterocycles. The van der Waals surface area contributed by atoms with Gasteiger partial charge in [-0.15, -0.1) is 0 Å². The summed E-state index contributed by atoms with van der Waals surface area (Å²) in [5.74, 6) is 0. The number of rotatable bonds is 1. The summed E-state index contributed by atoms with van der Waals surface area (Å²) in [6.45, 7) is 5.33. The van der Waals surface area contributed by atoms with Crippen LogP contribution in [0, 0.1) is 0 Å². The lowest BCUT2D eigenvalue weighted by Gasteiger charge is -2.34. The van der Waals surface area contributed by atoms with E-state index in [1.54, 1.807) is 0 Å². The highest BCUT2D eigenvalue weighted by Crippen LogP contribution is 2.29. The van der Waals surface area contributed by atoms with Crippen LogP contribution in [0.15, 0.2) is 22.7 Å². The zero-order chi connectivity index (χ0) is 10.8. The van der Waals surface area contributed by atoms with Crippen LogP contribution >= 0.6 is 27.5 Å². The first-order valence-corrected chi connectivity index (χ1v) is 6.27. The summed E-state index contributed by atoms with van der Waals surface area (Å²) < 4.78 is 1.07. The van der Waals surface area contributed by atoms with E-state index in [2.05, 4.69) is 39.1 Å². The molecule has 82 valence electrons. The van der Waals surface area contributed by atoms with Gasteiger partial charge in [-0.1, -0.05) is 11.6 Å². The second kappa shape index (κ2) is 4.73. The van der Waals surface area contributed by atoms with Gasteiger partial charge in [-0.3, -0.25) is 0 Å². The molecule has 1 heterocycles. The first kappa shape index (κ1) is 11.2. The Morgan fingerprint density at radius 2 is 2.33 bits per heavy atom. The average Bonchev–Trinajstić information content (AvgIpc) is 2.17. The molecule has 4 heteroatoms. The van der Waals surface area contributed by atoms with Crippen LogP contribution in [0.5, 0.6) is 0 Å². The van der Waals surface area contributed by atoms with Crippen molar-refractivity contribution in [2.24, 2.45) is 0 Å². The number of hydrogen-bond acceptors (Lipinski definition) is 2. The second-order valence-corrected chi connectivity index (χ2v) is 5.19. The highest BCUT2D eigenvalue weighted by atomic mass is 79.9. The van der Waals surface area contributed by atoms with E-state index >= 15 is 0 Å². The minimum absolute atomic E-state index is 0.543. The van der Waals surface area contributed by atoms with E-state index in [4.69, 9.17) is 11.6 Å². The van der Waals surface area contributed by atoms with Crippen LogP contribution in [0.1, 0.15) is 6.92 Å². The lowest BCUT2D eigenvalue weighted by molar-refractivity contribution is 0.484. The maximum atomic E-state index is 5.92. The van der Waals surface area contributed by atoms with Crippen molar-refractivity contribution in [3.8, 4) is 0 Å². The van der Waals surface area contributed by atoms with Gasteiger partial charge in [0.15, 0.2) is 0 Å². The summed E-state index contributed by atoms with van der Waals surface area (Å²) >= 11 is 9.48. The van der Waals surface area contributed by atoms with Gasteiger partial charge in [-0.05, 0) is 41.1 Å². The van der Waals surface area contributed by atoms with Gasteiger partial charge in [0.05, 0.1) is 5.69 Å². The Morgan fingerprint density at radius 1 is 1.53 bits per heavy atom. The highest BCUT2D eigenvalue weighted by Gasteiger charge is 2.17. The molecule has 2 nitrogen and oxygen atoms in total. The smallest absolute Gasteiger partial charge is 0.0512 e. The molecule has 0 spiro atoms. The number of benzene rings is 1. The summed E-state index contributed by atoms with van der Waals surface area (Å²) in [5.41, 5.74) is 1.23. The Bertz CT molecular complexity index is 356. The Balaban J connectivity index is 2.21. The Labute approximate surface area is 104 Å². The van der Waals surface area contributed by atoms with Crippen LogP contribution in [0.2, 0.25) is 5.02 Å². The van der Waals surface area contributed by atoms with Crippen molar-refractivity contribution in [1.82, 2.24) is 5.32 Å². The molecule has 15 heavy (non-hydrogen) atoms. The van der Waals surface area contributed by atoms with Crippen LogP contribution in [0.3, 0.4) is 0 Å². The molecule has 1 saturated heterocycles. The molecule has 2 rings (SSSR count). The van der Waals surface area contributed by atoms with Crippen LogP contribution < -0.4 is 10.2 Å². The Kier molecular flexibility index (Phi) is 3.54. The van der Waals surface area contributed by atoms with Gasteiger partial charge in [0.25, 0.3) is 0 Å². The van der Waals surface area contributed by atoms with Gasteiger partial charge in [-0.25, -0.2) is 0 Å². The largest absolute Gasteiger partial charge is 0.368 e. The lowest BCUT2D eigenvalue weighted by atomic mass is 10.2. The maximum Gasteiger partial charge on any atom is 0.0512 e. The molecule has 0 aliphatic carbocycles. The van der Waals surface area contributed by atoms with E-state index in [1.165, 1.54) is 5.69 Å².